The second kappa shape index (κ2) is 5.46. The fourth-order valence-corrected chi connectivity index (χ4v) is 2.15. The van der Waals surface area contributed by atoms with E-state index < -0.39 is 6.10 Å². The van der Waals surface area contributed by atoms with Crippen molar-refractivity contribution in [2.75, 3.05) is 0 Å². The number of aromatic nitrogens is 2. The van der Waals surface area contributed by atoms with Crippen molar-refractivity contribution in [3.8, 4) is 0 Å². The Hall–Kier alpha value is -1.45. The molecule has 94 valence electrons. The van der Waals surface area contributed by atoms with Crippen LogP contribution in [0.4, 0.5) is 0 Å². The third-order valence-corrected chi connectivity index (χ3v) is 3.10. The summed E-state index contributed by atoms with van der Waals surface area (Å²) in [7, 11) is 0. The molecule has 2 aromatic heterocycles. The van der Waals surface area contributed by atoms with Gasteiger partial charge in [0, 0.05) is 30.2 Å². The monoisotopic (exact) mass is 262 g/mol. The number of aliphatic hydroxyl groups excluding tert-OH is 1. The molecule has 0 aromatic carbocycles. The molecule has 0 radical (unpaired) electrons. The summed E-state index contributed by atoms with van der Waals surface area (Å²) < 4.78 is 0. The molecule has 0 amide bonds. The van der Waals surface area contributed by atoms with E-state index in [2.05, 4.69) is 9.97 Å². The average Bonchev–Trinajstić information content (AvgIpc) is 2.31. The Morgan fingerprint density at radius 3 is 2.56 bits per heavy atom. The van der Waals surface area contributed by atoms with Crippen molar-refractivity contribution in [1.29, 1.82) is 0 Å². The van der Waals surface area contributed by atoms with E-state index in [-0.39, 0.29) is 0 Å². The fraction of sp³-hybridized carbons (Fsp3) is 0.286. The number of pyridine rings is 2. The van der Waals surface area contributed by atoms with Crippen LogP contribution in [0.15, 0.2) is 30.6 Å². The van der Waals surface area contributed by atoms with Crippen molar-refractivity contribution in [2.45, 2.75) is 26.4 Å². The largest absolute Gasteiger partial charge is 0.388 e. The molecule has 1 atom stereocenters. The van der Waals surface area contributed by atoms with Gasteiger partial charge in [-0.05, 0) is 43.2 Å². The van der Waals surface area contributed by atoms with Gasteiger partial charge in [-0.2, -0.15) is 0 Å². The number of rotatable bonds is 3. The molecule has 1 unspecified atom stereocenters. The Labute approximate surface area is 111 Å². The minimum Gasteiger partial charge on any atom is -0.388 e. The first-order valence-corrected chi connectivity index (χ1v) is 6.15. The van der Waals surface area contributed by atoms with E-state index >= 15 is 0 Å². The Morgan fingerprint density at radius 1 is 1.28 bits per heavy atom. The van der Waals surface area contributed by atoms with Gasteiger partial charge >= 0.3 is 0 Å². The van der Waals surface area contributed by atoms with Gasteiger partial charge in [-0.1, -0.05) is 11.6 Å². The molecule has 2 rings (SSSR count). The average molecular weight is 263 g/mol. The van der Waals surface area contributed by atoms with Crippen LogP contribution >= 0.6 is 11.6 Å². The van der Waals surface area contributed by atoms with Gasteiger partial charge in [0.2, 0.25) is 0 Å². The van der Waals surface area contributed by atoms with E-state index in [4.69, 9.17) is 11.6 Å². The summed E-state index contributed by atoms with van der Waals surface area (Å²) in [5.41, 5.74) is 3.58. The van der Waals surface area contributed by atoms with Gasteiger partial charge in [-0.15, -0.1) is 0 Å². The third kappa shape index (κ3) is 3.06. The highest BCUT2D eigenvalue weighted by Gasteiger charge is 2.12. The molecule has 0 spiro atoms. The normalized spacial score (nSPS) is 12.4. The van der Waals surface area contributed by atoms with Gasteiger partial charge in [-0.25, -0.2) is 0 Å². The van der Waals surface area contributed by atoms with Crippen molar-refractivity contribution in [3.05, 3.63) is 58.1 Å². The minimum atomic E-state index is -0.578. The van der Waals surface area contributed by atoms with E-state index in [9.17, 15) is 5.11 Å². The predicted molar refractivity (Wildman–Crippen MR) is 71.6 cm³/mol. The van der Waals surface area contributed by atoms with Crippen molar-refractivity contribution >= 4 is 11.6 Å². The van der Waals surface area contributed by atoms with Crippen LogP contribution in [0.25, 0.3) is 0 Å². The van der Waals surface area contributed by atoms with Crippen LogP contribution in [-0.2, 0) is 6.42 Å². The van der Waals surface area contributed by atoms with Gasteiger partial charge in [-0.3, -0.25) is 9.97 Å². The lowest BCUT2D eigenvalue weighted by molar-refractivity contribution is 0.178. The van der Waals surface area contributed by atoms with Gasteiger partial charge in [0.25, 0.3) is 0 Å². The predicted octanol–water partition coefficient (Wildman–Crippen LogP) is 3.02. The number of aryl methyl sites for hydroxylation is 2. The van der Waals surface area contributed by atoms with E-state index in [0.717, 1.165) is 22.5 Å². The lowest BCUT2D eigenvalue weighted by Gasteiger charge is -2.13. The van der Waals surface area contributed by atoms with Gasteiger partial charge < -0.3 is 5.11 Å². The van der Waals surface area contributed by atoms with Crippen LogP contribution < -0.4 is 0 Å². The smallest absolute Gasteiger partial charge is 0.0832 e. The van der Waals surface area contributed by atoms with Gasteiger partial charge in [0.15, 0.2) is 0 Å². The van der Waals surface area contributed by atoms with Crippen LogP contribution in [0.2, 0.25) is 5.02 Å². The molecule has 0 aliphatic heterocycles. The van der Waals surface area contributed by atoms with Gasteiger partial charge in [0.05, 0.1) is 11.1 Å². The number of hydrogen-bond donors (Lipinski definition) is 1. The molecule has 2 aromatic rings. The minimum absolute atomic E-state index is 0.476. The first kappa shape index (κ1) is 13.0. The Balaban J connectivity index is 2.22. The first-order chi connectivity index (χ1) is 8.56. The molecule has 4 heteroatoms. The van der Waals surface area contributed by atoms with E-state index in [1.54, 1.807) is 12.4 Å². The van der Waals surface area contributed by atoms with Gasteiger partial charge in [0.1, 0.15) is 0 Å². The highest BCUT2D eigenvalue weighted by Crippen LogP contribution is 2.23. The quantitative estimate of drug-likeness (QED) is 0.925. The zero-order valence-corrected chi connectivity index (χ0v) is 11.1. The highest BCUT2D eigenvalue weighted by molar-refractivity contribution is 6.31. The summed E-state index contributed by atoms with van der Waals surface area (Å²) in [5, 5.41) is 10.8. The molecule has 0 saturated carbocycles. The molecule has 0 bridgehead atoms. The summed E-state index contributed by atoms with van der Waals surface area (Å²) in [6.07, 6.45) is 3.17. The molecule has 18 heavy (non-hydrogen) atoms. The lowest BCUT2D eigenvalue weighted by atomic mass is 10.0. The first-order valence-electron chi connectivity index (χ1n) is 5.78. The second-order valence-corrected chi connectivity index (χ2v) is 4.78. The summed E-state index contributed by atoms with van der Waals surface area (Å²) in [6, 6.07) is 5.62. The SMILES string of the molecule is Cc1cc(C(O)Cc2ccncc2Cl)cc(C)n1. The molecule has 2 heterocycles. The molecule has 3 nitrogen and oxygen atoms in total. The van der Waals surface area contributed by atoms with Crippen molar-refractivity contribution < 1.29 is 5.11 Å². The number of aliphatic hydroxyl groups is 1. The zero-order chi connectivity index (χ0) is 13.1. The maximum Gasteiger partial charge on any atom is 0.0832 e. The molecular weight excluding hydrogens is 248 g/mol. The van der Waals surface area contributed by atoms with E-state index in [0.29, 0.717) is 11.4 Å². The highest BCUT2D eigenvalue weighted by atomic mass is 35.5. The summed E-state index contributed by atoms with van der Waals surface area (Å²) in [6.45, 7) is 3.84. The summed E-state index contributed by atoms with van der Waals surface area (Å²) in [5.74, 6) is 0. The Bertz CT molecular complexity index is 537. The zero-order valence-electron chi connectivity index (χ0n) is 10.4. The molecule has 0 saturated heterocycles. The van der Waals surface area contributed by atoms with Crippen molar-refractivity contribution in [2.24, 2.45) is 0 Å². The van der Waals surface area contributed by atoms with E-state index in [1.807, 2.05) is 32.0 Å². The van der Waals surface area contributed by atoms with Crippen molar-refractivity contribution in [1.82, 2.24) is 9.97 Å². The molecule has 0 fully saturated rings. The number of nitrogens with zero attached hydrogens (tertiary/aromatic N) is 2. The molecule has 0 aliphatic rings. The lowest BCUT2D eigenvalue weighted by Crippen LogP contribution is -2.04. The molecule has 0 aliphatic carbocycles. The number of hydrogen-bond acceptors (Lipinski definition) is 3. The van der Waals surface area contributed by atoms with Crippen molar-refractivity contribution in [3.63, 3.8) is 0 Å². The Kier molecular flexibility index (Phi) is 3.94. The summed E-state index contributed by atoms with van der Waals surface area (Å²) in [4.78, 5) is 8.22. The fourth-order valence-electron chi connectivity index (χ4n) is 1.95. The summed E-state index contributed by atoms with van der Waals surface area (Å²) >= 11 is 6.03. The second-order valence-electron chi connectivity index (χ2n) is 4.37. The van der Waals surface area contributed by atoms with Crippen LogP contribution in [0, 0.1) is 13.8 Å². The topological polar surface area (TPSA) is 46.0 Å². The third-order valence-electron chi connectivity index (χ3n) is 2.76. The number of halogens is 1. The van der Waals surface area contributed by atoms with E-state index in [1.165, 1.54) is 0 Å². The maximum atomic E-state index is 10.2. The van der Waals surface area contributed by atoms with Crippen LogP contribution in [0.3, 0.4) is 0 Å². The molecule has 1 N–H and O–H groups in total. The Morgan fingerprint density at radius 2 is 1.94 bits per heavy atom. The van der Waals surface area contributed by atoms with Crippen LogP contribution in [0.5, 0.6) is 0 Å². The molecular formula is C14H15ClN2O. The van der Waals surface area contributed by atoms with Crippen LogP contribution in [0.1, 0.15) is 28.6 Å². The van der Waals surface area contributed by atoms with Crippen LogP contribution in [-0.4, -0.2) is 15.1 Å². The maximum absolute atomic E-state index is 10.2. The standard InChI is InChI=1S/C14H15ClN2O/c1-9-5-12(6-10(2)17-9)14(18)7-11-3-4-16-8-13(11)15/h3-6,8,14,18H,7H2,1-2H3.